The van der Waals surface area contributed by atoms with Crippen molar-refractivity contribution in [2.24, 2.45) is 0 Å². The van der Waals surface area contributed by atoms with E-state index >= 15 is 0 Å². The second kappa shape index (κ2) is 9.89. The molecule has 0 bridgehead atoms. The zero-order chi connectivity index (χ0) is 14.8. The summed E-state index contributed by atoms with van der Waals surface area (Å²) in [5.41, 5.74) is 2.27. The molecule has 1 unspecified atom stereocenters. The summed E-state index contributed by atoms with van der Waals surface area (Å²) in [5.74, 6) is -0.152. The fourth-order valence-electron chi connectivity index (χ4n) is 2.35. The van der Waals surface area contributed by atoms with E-state index in [1.807, 2.05) is 19.9 Å². The highest BCUT2D eigenvalue weighted by Crippen LogP contribution is 2.14. The molecule has 0 heterocycles. The van der Waals surface area contributed by atoms with Crippen molar-refractivity contribution < 1.29 is 9.13 Å². The Hall–Kier alpha value is -0.930. The summed E-state index contributed by atoms with van der Waals surface area (Å²) in [6, 6.07) is 5.53. The van der Waals surface area contributed by atoms with Crippen molar-refractivity contribution in [2.45, 2.75) is 52.5 Å². The van der Waals surface area contributed by atoms with Crippen molar-refractivity contribution in [2.75, 3.05) is 19.8 Å². The second-order valence-electron chi connectivity index (χ2n) is 5.27. The molecule has 1 N–H and O–H groups in total. The van der Waals surface area contributed by atoms with E-state index in [4.69, 9.17) is 4.74 Å². The zero-order valence-electron chi connectivity index (χ0n) is 13.0. The van der Waals surface area contributed by atoms with E-state index in [9.17, 15) is 4.39 Å². The SMILES string of the molecule is CCCNC(CCCOCC)Cc1ccc(F)cc1C. The zero-order valence-corrected chi connectivity index (χ0v) is 13.0. The van der Waals surface area contributed by atoms with Gasteiger partial charge >= 0.3 is 0 Å². The number of benzene rings is 1. The maximum atomic E-state index is 13.1. The number of halogens is 1. The van der Waals surface area contributed by atoms with Gasteiger partial charge in [0.1, 0.15) is 5.82 Å². The molecule has 0 aliphatic rings. The van der Waals surface area contributed by atoms with Gasteiger partial charge < -0.3 is 10.1 Å². The van der Waals surface area contributed by atoms with Crippen molar-refractivity contribution in [3.05, 3.63) is 35.1 Å². The number of ether oxygens (including phenoxy) is 1. The molecule has 0 aliphatic carbocycles. The van der Waals surface area contributed by atoms with Crippen LogP contribution < -0.4 is 5.32 Å². The van der Waals surface area contributed by atoms with Crippen LogP contribution in [0.5, 0.6) is 0 Å². The number of nitrogens with one attached hydrogen (secondary N) is 1. The summed E-state index contributed by atoms with van der Waals surface area (Å²) >= 11 is 0. The molecule has 2 nitrogen and oxygen atoms in total. The number of aryl methyl sites for hydroxylation is 1. The third-order valence-corrected chi connectivity index (χ3v) is 3.50. The van der Waals surface area contributed by atoms with Crippen LogP contribution in [0.25, 0.3) is 0 Å². The molecule has 1 aromatic rings. The van der Waals surface area contributed by atoms with E-state index < -0.39 is 0 Å². The smallest absolute Gasteiger partial charge is 0.123 e. The van der Waals surface area contributed by atoms with E-state index in [0.29, 0.717) is 6.04 Å². The van der Waals surface area contributed by atoms with Gasteiger partial charge in [0.25, 0.3) is 0 Å². The molecular formula is C17H28FNO. The molecular weight excluding hydrogens is 253 g/mol. The molecule has 114 valence electrons. The molecule has 0 fully saturated rings. The molecule has 3 heteroatoms. The van der Waals surface area contributed by atoms with Crippen LogP contribution in [-0.2, 0) is 11.2 Å². The van der Waals surface area contributed by atoms with Crippen LogP contribution in [-0.4, -0.2) is 25.8 Å². The van der Waals surface area contributed by atoms with Gasteiger partial charge in [0.2, 0.25) is 0 Å². The molecule has 0 saturated heterocycles. The lowest BCUT2D eigenvalue weighted by Gasteiger charge is -2.19. The van der Waals surface area contributed by atoms with Crippen molar-refractivity contribution in [3.8, 4) is 0 Å². The Balaban J connectivity index is 2.53. The first-order chi connectivity index (χ1) is 9.67. The minimum Gasteiger partial charge on any atom is -0.382 e. The lowest BCUT2D eigenvalue weighted by molar-refractivity contribution is 0.140. The largest absolute Gasteiger partial charge is 0.382 e. The fourth-order valence-corrected chi connectivity index (χ4v) is 2.35. The minimum absolute atomic E-state index is 0.152. The maximum absolute atomic E-state index is 13.1. The highest BCUT2D eigenvalue weighted by atomic mass is 19.1. The molecule has 0 amide bonds. The van der Waals surface area contributed by atoms with Gasteiger partial charge in [0.15, 0.2) is 0 Å². The van der Waals surface area contributed by atoms with Crippen LogP contribution in [0.4, 0.5) is 4.39 Å². The van der Waals surface area contributed by atoms with Gasteiger partial charge in [0, 0.05) is 19.3 Å². The molecule has 0 aliphatic heterocycles. The van der Waals surface area contributed by atoms with Gasteiger partial charge in [-0.05, 0) is 69.3 Å². The molecule has 1 rings (SSSR count). The predicted molar refractivity (Wildman–Crippen MR) is 82.6 cm³/mol. The number of hydrogen-bond donors (Lipinski definition) is 1. The average Bonchev–Trinajstić information content (AvgIpc) is 2.43. The van der Waals surface area contributed by atoms with Crippen LogP contribution in [0.15, 0.2) is 18.2 Å². The molecule has 0 radical (unpaired) electrons. The first-order valence-corrected chi connectivity index (χ1v) is 7.73. The summed E-state index contributed by atoms with van der Waals surface area (Å²) in [4.78, 5) is 0. The Morgan fingerprint density at radius 2 is 2.10 bits per heavy atom. The summed E-state index contributed by atoms with van der Waals surface area (Å²) in [6.45, 7) is 8.81. The molecule has 0 spiro atoms. The van der Waals surface area contributed by atoms with E-state index in [1.54, 1.807) is 12.1 Å². The van der Waals surface area contributed by atoms with Crippen LogP contribution in [0, 0.1) is 12.7 Å². The normalized spacial score (nSPS) is 12.6. The first-order valence-electron chi connectivity index (χ1n) is 7.73. The average molecular weight is 281 g/mol. The molecule has 0 saturated carbocycles. The standard InChI is InChI=1S/C17H28FNO/c1-4-10-19-17(7-6-11-20-5-2)13-15-8-9-16(18)12-14(15)3/h8-9,12,17,19H,4-7,10-11,13H2,1-3H3. The van der Waals surface area contributed by atoms with Gasteiger partial charge in [-0.15, -0.1) is 0 Å². The lowest BCUT2D eigenvalue weighted by atomic mass is 9.98. The third-order valence-electron chi connectivity index (χ3n) is 3.50. The van der Waals surface area contributed by atoms with Crippen LogP contribution >= 0.6 is 0 Å². The molecule has 20 heavy (non-hydrogen) atoms. The van der Waals surface area contributed by atoms with E-state index in [2.05, 4.69) is 12.2 Å². The first kappa shape index (κ1) is 17.1. The minimum atomic E-state index is -0.152. The predicted octanol–water partition coefficient (Wildman–Crippen LogP) is 3.86. The monoisotopic (exact) mass is 281 g/mol. The molecule has 1 atom stereocenters. The van der Waals surface area contributed by atoms with Crippen molar-refractivity contribution in [1.82, 2.24) is 5.32 Å². The second-order valence-corrected chi connectivity index (χ2v) is 5.27. The number of rotatable bonds is 10. The highest BCUT2D eigenvalue weighted by Gasteiger charge is 2.10. The number of hydrogen-bond acceptors (Lipinski definition) is 2. The summed E-state index contributed by atoms with van der Waals surface area (Å²) in [6.07, 6.45) is 4.24. The van der Waals surface area contributed by atoms with E-state index in [0.717, 1.165) is 51.0 Å². The quantitative estimate of drug-likeness (QED) is 0.658. The Morgan fingerprint density at radius 1 is 1.30 bits per heavy atom. The Labute approximate surface area is 122 Å². The van der Waals surface area contributed by atoms with Crippen molar-refractivity contribution >= 4 is 0 Å². The third kappa shape index (κ3) is 6.49. The Kier molecular flexibility index (Phi) is 8.47. The topological polar surface area (TPSA) is 21.3 Å². The van der Waals surface area contributed by atoms with E-state index in [1.165, 1.54) is 5.56 Å². The molecule has 1 aromatic carbocycles. The van der Waals surface area contributed by atoms with Gasteiger partial charge in [-0.3, -0.25) is 0 Å². The van der Waals surface area contributed by atoms with Gasteiger partial charge in [0.05, 0.1) is 0 Å². The maximum Gasteiger partial charge on any atom is 0.123 e. The van der Waals surface area contributed by atoms with Crippen LogP contribution in [0.1, 0.15) is 44.2 Å². The van der Waals surface area contributed by atoms with Gasteiger partial charge in [-0.2, -0.15) is 0 Å². The highest BCUT2D eigenvalue weighted by molar-refractivity contribution is 5.27. The summed E-state index contributed by atoms with van der Waals surface area (Å²) in [5, 5.41) is 3.59. The fraction of sp³-hybridized carbons (Fsp3) is 0.647. The summed E-state index contributed by atoms with van der Waals surface area (Å²) in [7, 11) is 0. The molecule has 0 aromatic heterocycles. The lowest BCUT2D eigenvalue weighted by Crippen LogP contribution is -2.32. The Morgan fingerprint density at radius 3 is 2.75 bits per heavy atom. The van der Waals surface area contributed by atoms with E-state index in [-0.39, 0.29) is 5.82 Å². The van der Waals surface area contributed by atoms with Gasteiger partial charge in [-0.25, -0.2) is 4.39 Å². The Bertz CT molecular complexity index is 381. The van der Waals surface area contributed by atoms with Crippen LogP contribution in [0.2, 0.25) is 0 Å². The van der Waals surface area contributed by atoms with Crippen molar-refractivity contribution in [3.63, 3.8) is 0 Å². The van der Waals surface area contributed by atoms with Crippen LogP contribution in [0.3, 0.4) is 0 Å². The summed E-state index contributed by atoms with van der Waals surface area (Å²) < 4.78 is 18.5. The van der Waals surface area contributed by atoms with Gasteiger partial charge in [-0.1, -0.05) is 13.0 Å². The van der Waals surface area contributed by atoms with Crippen molar-refractivity contribution in [1.29, 1.82) is 0 Å².